The number of imidazole rings is 1. The van der Waals surface area contributed by atoms with Crippen LogP contribution in [0.25, 0.3) is 11.0 Å². The molecule has 0 aliphatic heterocycles. The summed E-state index contributed by atoms with van der Waals surface area (Å²) in [6.45, 7) is 4.15. The number of aromatic amines is 1. The fraction of sp³-hybridized carbons (Fsp3) is 0.417. The molecule has 1 unspecified atom stereocenters. The molecule has 2 rings (SSSR count). The van der Waals surface area contributed by atoms with Crippen LogP contribution in [0, 0.1) is 11.7 Å². The molecule has 1 aromatic heterocycles. The summed E-state index contributed by atoms with van der Waals surface area (Å²) in [6.07, 6.45) is 0.688. The van der Waals surface area contributed by atoms with Gasteiger partial charge in [0.1, 0.15) is 11.6 Å². The van der Waals surface area contributed by atoms with Crippen molar-refractivity contribution >= 4 is 11.0 Å². The van der Waals surface area contributed by atoms with Crippen LogP contribution >= 0.6 is 0 Å². The standard InChI is InChI=1S/C12H16FN3/c1-7(2)9(14)6-12-15-10-4-3-8(13)5-11(10)16-12/h3-5,7,9H,6,14H2,1-2H3,(H,15,16). The highest BCUT2D eigenvalue weighted by Gasteiger charge is 2.11. The van der Waals surface area contributed by atoms with Crippen molar-refractivity contribution in [2.75, 3.05) is 0 Å². The fourth-order valence-electron chi connectivity index (χ4n) is 1.59. The zero-order valence-corrected chi connectivity index (χ0v) is 9.50. The van der Waals surface area contributed by atoms with E-state index in [1.807, 2.05) is 0 Å². The van der Waals surface area contributed by atoms with Crippen molar-refractivity contribution in [3.8, 4) is 0 Å². The van der Waals surface area contributed by atoms with E-state index in [-0.39, 0.29) is 11.9 Å². The molecule has 0 saturated carbocycles. The molecular weight excluding hydrogens is 205 g/mol. The van der Waals surface area contributed by atoms with Crippen molar-refractivity contribution in [2.24, 2.45) is 11.7 Å². The van der Waals surface area contributed by atoms with Crippen molar-refractivity contribution in [3.05, 3.63) is 29.8 Å². The zero-order chi connectivity index (χ0) is 11.7. The van der Waals surface area contributed by atoms with Gasteiger partial charge in [-0.25, -0.2) is 9.37 Å². The number of H-pyrrole nitrogens is 1. The highest BCUT2D eigenvalue weighted by Crippen LogP contribution is 2.14. The van der Waals surface area contributed by atoms with Crippen LogP contribution in [0.5, 0.6) is 0 Å². The van der Waals surface area contributed by atoms with E-state index in [1.54, 1.807) is 6.07 Å². The van der Waals surface area contributed by atoms with Crippen molar-refractivity contribution in [1.82, 2.24) is 9.97 Å². The lowest BCUT2D eigenvalue weighted by molar-refractivity contribution is 0.483. The van der Waals surface area contributed by atoms with Crippen molar-refractivity contribution in [1.29, 1.82) is 0 Å². The van der Waals surface area contributed by atoms with Crippen LogP contribution in [0.1, 0.15) is 19.7 Å². The average Bonchev–Trinajstić information content (AvgIpc) is 2.58. The van der Waals surface area contributed by atoms with E-state index >= 15 is 0 Å². The van der Waals surface area contributed by atoms with Crippen LogP contribution in [0.2, 0.25) is 0 Å². The lowest BCUT2D eigenvalue weighted by Gasteiger charge is -2.13. The first-order valence-corrected chi connectivity index (χ1v) is 5.46. The van der Waals surface area contributed by atoms with Crippen LogP contribution in [-0.4, -0.2) is 16.0 Å². The van der Waals surface area contributed by atoms with Gasteiger partial charge in [-0.3, -0.25) is 0 Å². The number of rotatable bonds is 3. The zero-order valence-electron chi connectivity index (χ0n) is 9.50. The lowest BCUT2D eigenvalue weighted by Crippen LogP contribution is -2.29. The number of aromatic nitrogens is 2. The molecule has 1 heterocycles. The quantitative estimate of drug-likeness (QED) is 0.835. The number of nitrogens with two attached hydrogens (primary N) is 1. The summed E-state index contributed by atoms with van der Waals surface area (Å²) in [6, 6.07) is 4.61. The Hall–Kier alpha value is -1.42. The van der Waals surface area contributed by atoms with Gasteiger partial charge in [0.25, 0.3) is 0 Å². The molecule has 0 fully saturated rings. The maximum absolute atomic E-state index is 13.0. The first kappa shape index (κ1) is 11.1. The summed E-state index contributed by atoms with van der Waals surface area (Å²) in [7, 11) is 0. The number of benzene rings is 1. The number of hydrogen-bond donors (Lipinski definition) is 2. The van der Waals surface area contributed by atoms with Gasteiger partial charge in [0.2, 0.25) is 0 Å². The fourth-order valence-corrected chi connectivity index (χ4v) is 1.59. The van der Waals surface area contributed by atoms with Crippen LogP contribution in [0.15, 0.2) is 18.2 Å². The second-order valence-corrected chi connectivity index (χ2v) is 4.46. The Balaban J connectivity index is 2.26. The first-order valence-electron chi connectivity index (χ1n) is 5.46. The van der Waals surface area contributed by atoms with Crippen LogP contribution in [0.3, 0.4) is 0 Å². The molecule has 86 valence electrons. The van der Waals surface area contributed by atoms with E-state index in [1.165, 1.54) is 12.1 Å². The van der Waals surface area contributed by atoms with Gasteiger partial charge in [0.05, 0.1) is 11.0 Å². The second kappa shape index (κ2) is 4.22. The molecule has 3 nitrogen and oxygen atoms in total. The Bertz CT molecular complexity index is 490. The molecule has 2 aromatic rings. The minimum Gasteiger partial charge on any atom is -0.342 e. The number of fused-ring (bicyclic) bond motifs is 1. The number of nitrogens with one attached hydrogen (secondary N) is 1. The van der Waals surface area contributed by atoms with Crippen LogP contribution in [0.4, 0.5) is 4.39 Å². The van der Waals surface area contributed by atoms with Gasteiger partial charge in [-0.2, -0.15) is 0 Å². The Morgan fingerprint density at radius 1 is 1.44 bits per heavy atom. The minimum atomic E-state index is -0.254. The summed E-state index contributed by atoms with van der Waals surface area (Å²) in [4.78, 5) is 7.47. The third-order valence-electron chi connectivity index (χ3n) is 2.78. The molecule has 0 amide bonds. The molecule has 1 atom stereocenters. The van der Waals surface area contributed by atoms with Gasteiger partial charge in [-0.05, 0) is 24.1 Å². The van der Waals surface area contributed by atoms with E-state index < -0.39 is 0 Å². The van der Waals surface area contributed by atoms with Crippen molar-refractivity contribution < 1.29 is 4.39 Å². The Morgan fingerprint density at radius 2 is 2.19 bits per heavy atom. The molecule has 0 spiro atoms. The van der Waals surface area contributed by atoms with E-state index in [2.05, 4.69) is 23.8 Å². The topological polar surface area (TPSA) is 54.7 Å². The Labute approximate surface area is 93.9 Å². The number of nitrogens with zero attached hydrogens (tertiary/aromatic N) is 1. The van der Waals surface area contributed by atoms with Gasteiger partial charge >= 0.3 is 0 Å². The smallest absolute Gasteiger partial charge is 0.125 e. The highest BCUT2D eigenvalue weighted by molar-refractivity contribution is 5.74. The van der Waals surface area contributed by atoms with Gasteiger partial charge in [-0.15, -0.1) is 0 Å². The third kappa shape index (κ3) is 2.22. The van der Waals surface area contributed by atoms with Crippen molar-refractivity contribution in [2.45, 2.75) is 26.3 Å². The highest BCUT2D eigenvalue weighted by atomic mass is 19.1. The van der Waals surface area contributed by atoms with E-state index in [9.17, 15) is 4.39 Å². The van der Waals surface area contributed by atoms with Crippen molar-refractivity contribution in [3.63, 3.8) is 0 Å². The predicted molar refractivity (Wildman–Crippen MR) is 62.6 cm³/mol. The van der Waals surface area contributed by atoms with Gasteiger partial charge in [0, 0.05) is 12.5 Å². The molecule has 0 radical (unpaired) electrons. The lowest BCUT2D eigenvalue weighted by atomic mass is 10.0. The van der Waals surface area contributed by atoms with Crippen LogP contribution in [-0.2, 0) is 6.42 Å². The molecule has 0 bridgehead atoms. The maximum atomic E-state index is 13.0. The monoisotopic (exact) mass is 221 g/mol. The summed E-state index contributed by atoms with van der Waals surface area (Å²) >= 11 is 0. The number of halogens is 1. The average molecular weight is 221 g/mol. The minimum absolute atomic E-state index is 0.0745. The number of hydrogen-bond acceptors (Lipinski definition) is 2. The first-order chi connectivity index (χ1) is 7.56. The molecule has 16 heavy (non-hydrogen) atoms. The molecule has 1 aromatic carbocycles. The maximum Gasteiger partial charge on any atom is 0.125 e. The van der Waals surface area contributed by atoms with Gasteiger partial charge in [0.15, 0.2) is 0 Å². The van der Waals surface area contributed by atoms with E-state index in [0.29, 0.717) is 12.3 Å². The molecule has 3 N–H and O–H groups in total. The summed E-state index contributed by atoms with van der Waals surface area (Å²) in [5, 5.41) is 0. The third-order valence-corrected chi connectivity index (χ3v) is 2.78. The predicted octanol–water partition coefficient (Wildman–Crippen LogP) is 2.23. The largest absolute Gasteiger partial charge is 0.342 e. The van der Waals surface area contributed by atoms with Crippen LogP contribution < -0.4 is 5.73 Å². The summed E-state index contributed by atoms with van der Waals surface area (Å²) in [5.41, 5.74) is 7.48. The summed E-state index contributed by atoms with van der Waals surface area (Å²) < 4.78 is 13.0. The SMILES string of the molecule is CC(C)C(N)Cc1nc2ccc(F)cc2[nH]1. The summed E-state index contributed by atoms with van der Waals surface area (Å²) in [5.74, 6) is 0.975. The Morgan fingerprint density at radius 3 is 2.88 bits per heavy atom. The van der Waals surface area contributed by atoms with Gasteiger partial charge < -0.3 is 10.7 Å². The molecular formula is C12H16FN3. The second-order valence-electron chi connectivity index (χ2n) is 4.46. The van der Waals surface area contributed by atoms with Gasteiger partial charge in [-0.1, -0.05) is 13.8 Å². The molecule has 4 heteroatoms. The Kier molecular flexibility index (Phi) is 2.92. The van der Waals surface area contributed by atoms with E-state index in [4.69, 9.17) is 5.73 Å². The molecule has 0 saturated heterocycles. The van der Waals surface area contributed by atoms with E-state index in [0.717, 1.165) is 16.9 Å². The molecule has 0 aliphatic rings. The normalized spacial score (nSPS) is 13.6. The molecule has 0 aliphatic carbocycles.